The van der Waals surface area contributed by atoms with Crippen molar-refractivity contribution in [2.75, 3.05) is 13.2 Å². The molecule has 1 amide bonds. The van der Waals surface area contributed by atoms with Crippen LogP contribution in [-0.2, 0) is 9.57 Å². The lowest BCUT2D eigenvalue weighted by Gasteiger charge is -2.24. The lowest BCUT2D eigenvalue weighted by Crippen LogP contribution is -2.39. The van der Waals surface area contributed by atoms with Gasteiger partial charge in [0, 0.05) is 17.1 Å². The Balaban J connectivity index is 1.63. The van der Waals surface area contributed by atoms with E-state index in [0.717, 1.165) is 12.0 Å². The second kappa shape index (κ2) is 6.97. The SMILES string of the molecule is CC(C)(C)COC(=O)N1CCC2C(C#Cc3cccc(Cl)c3)=NOC21. The third-order valence-corrected chi connectivity index (χ3v) is 4.20. The number of carbonyl (C=O) groups is 1. The molecular weight excluding hydrogens is 340 g/mol. The third-order valence-electron chi connectivity index (χ3n) is 3.97. The Morgan fingerprint density at radius 3 is 2.96 bits per heavy atom. The highest BCUT2D eigenvalue weighted by molar-refractivity contribution is 6.30. The molecule has 25 heavy (non-hydrogen) atoms. The molecule has 2 unspecified atom stereocenters. The molecule has 0 aromatic heterocycles. The van der Waals surface area contributed by atoms with Crippen LogP contribution in [0.4, 0.5) is 4.79 Å². The van der Waals surface area contributed by atoms with Crippen LogP contribution >= 0.6 is 11.6 Å². The van der Waals surface area contributed by atoms with Crippen molar-refractivity contribution in [3.63, 3.8) is 0 Å². The Morgan fingerprint density at radius 2 is 2.24 bits per heavy atom. The minimum Gasteiger partial charge on any atom is -0.449 e. The van der Waals surface area contributed by atoms with Crippen molar-refractivity contribution in [2.45, 2.75) is 33.4 Å². The highest BCUT2D eigenvalue weighted by atomic mass is 35.5. The average Bonchev–Trinajstić information content (AvgIpc) is 3.12. The number of carbonyl (C=O) groups excluding carboxylic acids is 1. The van der Waals surface area contributed by atoms with E-state index >= 15 is 0 Å². The van der Waals surface area contributed by atoms with E-state index in [0.29, 0.717) is 23.9 Å². The van der Waals surface area contributed by atoms with Gasteiger partial charge in [-0.25, -0.2) is 4.79 Å². The Bertz CT molecular complexity index is 758. The van der Waals surface area contributed by atoms with E-state index in [9.17, 15) is 4.79 Å². The van der Waals surface area contributed by atoms with Gasteiger partial charge in [-0.3, -0.25) is 4.90 Å². The molecule has 0 saturated carbocycles. The summed E-state index contributed by atoms with van der Waals surface area (Å²) in [4.78, 5) is 19.3. The van der Waals surface area contributed by atoms with Crippen LogP contribution in [0.3, 0.4) is 0 Å². The Morgan fingerprint density at radius 1 is 1.44 bits per heavy atom. The molecule has 0 spiro atoms. The van der Waals surface area contributed by atoms with Gasteiger partial charge in [-0.1, -0.05) is 49.5 Å². The predicted molar refractivity (Wildman–Crippen MR) is 96.3 cm³/mol. The summed E-state index contributed by atoms with van der Waals surface area (Å²) in [6, 6.07) is 7.34. The van der Waals surface area contributed by atoms with Crippen molar-refractivity contribution in [1.29, 1.82) is 0 Å². The largest absolute Gasteiger partial charge is 0.449 e. The maximum atomic E-state index is 12.3. The summed E-state index contributed by atoms with van der Waals surface area (Å²) in [6.45, 7) is 7.00. The van der Waals surface area contributed by atoms with Gasteiger partial charge >= 0.3 is 6.09 Å². The number of benzene rings is 1. The van der Waals surface area contributed by atoms with Crippen LogP contribution < -0.4 is 0 Å². The quantitative estimate of drug-likeness (QED) is 0.713. The number of rotatable bonds is 1. The third kappa shape index (κ3) is 4.26. The number of halogens is 1. The molecule has 1 aromatic rings. The van der Waals surface area contributed by atoms with Crippen LogP contribution in [0, 0.1) is 23.2 Å². The first-order valence-electron chi connectivity index (χ1n) is 8.28. The average molecular weight is 361 g/mol. The minimum absolute atomic E-state index is 0.00568. The summed E-state index contributed by atoms with van der Waals surface area (Å²) in [5, 5.41) is 4.70. The number of likely N-dealkylation sites (tertiary alicyclic amines) is 1. The molecule has 2 aliphatic heterocycles. The summed E-state index contributed by atoms with van der Waals surface area (Å²) >= 11 is 5.96. The molecule has 0 N–H and O–H groups in total. The molecule has 2 heterocycles. The van der Waals surface area contributed by atoms with Gasteiger partial charge in [0.15, 0.2) is 0 Å². The van der Waals surface area contributed by atoms with Crippen LogP contribution in [0.15, 0.2) is 29.4 Å². The van der Waals surface area contributed by atoms with Crippen molar-refractivity contribution >= 4 is 23.4 Å². The first-order chi connectivity index (χ1) is 11.8. The van der Waals surface area contributed by atoms with Gasteiger partial charge in [0.1, 0.15) is 5.71 Å². The Labute approximate surface area is 152 Å². The molecule has 5 nitrogen and oxygen atoms in total. The van der Waals surface area contributed by atoms with E-state index in [2.05, 4.69) is 17.0 Å². The van der Waals surface area contributed by atoms with Crippen LogP contribution in [0.2, 0.25) is 5.02 Å². The predicted octanol–water partition coefficient (Wildman–Crippen LogP) is 3.91. The van der Waals surface area contributed by atoms with E-state index in [1.807, 2.05) is 32.9 Å². The van der Waals surface area contributed by atoms with Gasteiger partial charge < -0.3 is 9.57 Å². The zero-order chi connectivity index (χ0) is 18.0. The number of oxime groups is 1. The smallest absolute Gasteiger partial charge is 0.412 e. The molecule has 0 bridgehead atoms. The fourth-order valence-corrected chi connectivity index (χ4v) is 2.91. The summed E-state index contributed by atoms with van der Waals surface area (Å²) in [5.41, 5.74) is 1.41. The molecule has 1 saturated heterocycles. The van der Waals surface area contributed by atoms with Crippen molar-refractivity contribution in [1.82, 2.24) is 4.90 Å². The molecule has 0 aliphatic carbocycles. The first-order valence-corrected chi connectivity index (χ1v) is 8.66. The number of amides is 1. The number of hydrogen-bond acceptors (Lipinski definition) is 4. The fraction of sp³-hybridized carbons (Fsp3) is 0.474. The second-order valence-electron chi connectivity index (χ2n) is 7.44. The molecule has 132 valence electrons. The fourth-order valence-electron chi connectivity index (χ4n) is 2.72. The standard InChI is InChI=1S/C19H21ClN2O3/c1-19(2,3)12-24-18(23)22-10-9-15-16(21-25-17(15)22)8-7-13-5-4-6-14(20)11-13/h4-6,11,15,17H,9-10,12H2,1-3H3. The lowest BCUT2D eigenvalue weighted by atomic mass is 9.99. The van der Waals surface area contributed by atoms with E-state index in [-0.39, 0.29) is 17.4 Å². The molecule has 2 aliphatic rings. The zero-order valence-electron chi connectivity index (χ0n) is 14.6. The van der Waals surface area contributed by atoms with Crippen LogP contribution in [0.5, 0.6) is 0 Å². The van der Waals surface area contributed by atoms with Crippen molar-refractivity contribution in [2.24, 2.45) is 16.5 Å². The van der Waals surface area contributed by atoms with Gasteiger partial charge in [0.2, 0.25) is 6.23 Å². The van der Waals surface area contributed by atoms with Gasteiger partial charge in [-0.2, -0.15) is 0 Å². The Kier molecular flexibility index (Phi) is 4.91. The maximum absolute atomic E-state index is 12.3. The van der Waals surface area contributed by atoms with Crippen molar-refractivity contribution in [3.8, 4) is 11.8 Å². The lowest BCUT2D eigenvalue weighted by molar-refractivity contribution is -0.0296. The molecular formula is C19H21ClN2O3. The number of hydrogen-bond donors (Lipinski definition) is 0. The molecule has 6 heteroatoms. The molecule has 3 rings (SSSR count). The monoisotopic (exact) mass is 360 g/mol. The maximum Gasteiger partial charge on any atom is 0.412 e. The summed E-state index contributed by atoms with van der Waals surface area (Å²) in [7, 11) is 0. The highest BCUT2D eigenvalue weighted by Gasteiger charge is 2.46. The van der Waals surface area contributed by atoms with Gasteiger partial charge in [0.25, 0.3) is 0 Å². The minimum atomic E-state index is -0.420. The van der Waals surface area contributed by atoms with Crippen LogP contribution in [-0.4, -0.2) is 36.1 Å². The Hall–Kier alpha value is -2.19. The topological polar surface area (TPSA) is 51.1 Å². The second-order valence-corrected chi connectivity index (χ2v) is 7.87. The van der Waals surface area contributed by atoms with Gasteiger partial charge in [0.05, 0.1) is 12.5 Å². The highest BCUT2D eigenvalue weighted by Crippen LogP contribution is 2.32. The van der Waals surface area contributed by atoms with Gasteiger partial charge in [-0.15, -0.1) is 0 Å². The normalized spacial score (nSPS) is 21.8. The summed E-state index contributed by atoms with van der Waals surface area (Å²) in [6.07, 6.45) is -0.0176. The van der Waals surface area contributed by atoms with E-state index in [1.54, 1.807) is 17.0 Å². The summed E-state index contributed by atoms with van der Waals surface area (Å²) < 4.78 is 5.38. The number of nitrogens with zero attached hydrogens (tertiary/aromatic N) is 2. The molecule has 0 radical (unpaired) electrons. The van der Waals surface area contributed by atoms with Crippen molar-refractivity contribution < 1.29 is 14.4 Å². The molecule has 1 fully saturated rings. The van der Waals surface area contributed by atoms with E-state index < -0.39 is 6.23 Å². The van der Waals surface area contributed by atoms with Gasteiger partial charge in [-0.05, 0) is 36.0 Å². The van der Waals surface area contributed by atoms with Crippen molar-refractivity contribution in [3.05, 3.63) is 34.9 Å². The number of fused-ring (bicyclic) bond motifs is 1. The van der Waals surface area contributed by atoms with E-state index in [1.165, 1.54) is 0 Å². The molecule has 1 aromatic carbocycles. The first kappa shape index (κ1) is 17.6. The summed E-state index contributed by atoms with van der Waals surface area (Å²) in [5.74, 6) is 6.09. The van der Waals surface area contributed by atoms with Crippen LogP contribution in [0.1, 0.15) is 32.8 Å². The van der Waals surface area contributed by atoms with E-state index in [4.69, 9.17) is 21.2 Å². The molecule has 2 atom stereocenters. The number of ether oxygens (including phenoxy) is 1. The zero-order valence-corrected chi connectivity index (χ0v) is 15.3. The van der Waals surface area contributed by atoms with Crippen LogP contribution in [0.25, 0.3) is 0 Å².